The molecule has 0 radical (unpaired) electrons. The third-order valence-corrected chi connectivity index (χ3v) is 5.20. The van der Waals surface area contributed by atoms with Gasteiger partial charge in [0.2, 0.25) is 0 Å². The summed E-state index contributed by atoms with van der Waals surface area (Å²) in [5.41, 5.74) is 0. The molecule has 0 atom stereocenters. The second-order valence-corrected chi connectivity index (χ2v) is 6.27. The van der Waals surface area contributed by atoms with Crippen LogP contribution in [0.2, 0.25) is 18.1 Å². The van der Waals surface area contributed by atoms with Crippen LogP contribution >= 0.6 is 0 Å². The van der Waals surface area contributed by atoms with E-state index in [1.54, 1.807) is 0 Å². The van der Waals surface area contributed by atoms with Crippen LogP contribution in [0.15, 0.2) is 0 Å². The number of alkyl halides is 1. The Morgan fingerprint density at radius 2 is 1.11 bits per heavy atom. The van der Waals surface area contributed by atoms with Gasteiger partial charge < -0.3 is 0 Å². The van der Waals surface area contributed by atoms with Gasteiger partial charge in [-0.3, -0.25) is 4.39 Å². The Morgan fingerprint density at radius 1 is 0.889 bits per heavy atom. The van der Waals surface area contributed by atoms with Crippen LogP contribution in [-0.2, 0) is 0 Å². The summed E-state index contributed by atoms with van der Waals surface area (Å²) >= 11 is 0. The zero-order valence-corrected chi connectivity index (χ0v) is 8.23. The van der Waals surface area contributed by atoms with Gasteiger partial charge >= 0.3 is 0 Å². The Hall–Kier alpha value is 0.147. The standard InChI is InChI=1S/C6H16Si.CH3F/c1-4-7(5-2)6-3;1-2/h7H,4-6H2,1-3H3;1H3. The van der Waals surface area contributed by atoms with Crippen LogP contribution in [0.25, 0.3) is 0 Å². The lowest BCUT2D eigenvalue weighted by Gasteiger charge is -2.03. The highest BCUT2D eigenvalue weighted by molar-refractivity contribution is 6.58. The summed E-state index contributed by atoms with van der Waals surface area (Å²) in [6, 6.07) is 4.48. The Bertz CT molecular complexity index is 30.4. The van der Waals surface area contributed by atoms with Crippen molar-refractivity contribution in [3.63, 3.8) is 0 Å². The van der Waals surface area contributed by atoms with E-state index in [0.717, 1.165) is 0 Å². The second kappa shape index (κ2) is 11.0. The van der Waals surface area contributed by atoms with Crippen molar-refractivity contribution >= 4 is 8.80 Å². The Labute approximate surface area is 60.1 Å². The van der Waals surface area contributed by atoms with Crippen molar-refractivity contribution < 1.29 is 4.39 Å². The SMILES string of the molecule is CC[SiH](CC)CC.CF. The molecule has 9 heavy (non-hydrogen) atoms. The zero-order chi connectivity index (χ0) is 7.70. The van der Waals surface area contributed by atoms with Gasteiger partial charge in [-0.1, -0.05) is 38.9 Å². The highest BCUT2D eigenvalue weighted by atomic mass is 28.3. The number of hydrogen-bond donors (Lipinski definition) is 0. The molecule has 2 heteroatoms. The van der Waals surface area contributed by atoms with Gasteiger partial charge in [0.25, 0.3) is 0 Å². The molecule has 0 saturated carbocycles. The molecule has 0 spiro atoms. The molecule has 0 aromatic heterocycles. The maximum Gasteiger partial charge on any atom is 0.0785 e. The molecule has 0 aliphatic rings. The quantitative estimate of drug-likeness (QED) is 0.543. The van der Waals surface area contributed by atoms with Gasteiger partial charge in [0, 0.05) is 8.80 Å². The molecule has 0 aliphatic heterocycles. The molecule has 0 saturated heterocycles. The molecule has 0 bridgehead atoms. The molecule has 0 rings (SSSR count). The lowest BCUT2D eigenvalue weighted by atomic mass is 10.9. The molecule has 0 fully saturated rings. The van der Waals surface area contributed by atoms with Gasteiger partial charge in [-0.2, -0.15) is 0 Å². The summed E-state index contributed by atoms with van der Waals surface area (Å²) in [6.07, 6.45) is 0. The largest absolute Gasteiger partial charge is 0.255 e. The van der Waals surface area contributed by atoms with E-state index < -0.39 is 0 Å². The van der Waals surface area contributed by atoms with Gasteiger partial charge in [0.1, 0.15) is 0 Å². The molecule has 0 aromatic carbocycles. The van der Waals surface area contributed by atoms with E-state index in [1.807, 2.05) is 0 Å². The molecular weight excluding hydrogens is 131 g/mol. The van der Waals surface area contributed by atoms with Crippen molar-refractivity contribution in [1.82, 2.24) is 0 Å². The molecule has 0 nitrogen and oxygen atoms in total. The summed E-state index contributed by atoms with van der Waals surface area (Å²) < 4.78 is 9.50. The van der Waals surface area contributed by atoms with Crippen LogP contribution in [0.5, 0.6) is 0 Å². The summed E-state index contributed by atoms with van der Waals surface area (Å²) in [4.78, 5) is 0. The van der Waals surface area contributed by atoms with Crippen molar-refractivity contribution in [1.29, 1.82) is 0 Å². The second-order valence-electron chi connectivity index (χ2n) is 2.09. The molecule has 0 N–H and O–H groups in total. The number of hydrogen-bond acceptors (Lipinski definition) is 0. The Balaban J connectivity index is 0. The van der Waals surface area contributed by atoms with E-state index in [1.165, 1.54) is 18.1 Å². The van der Waals surface area contributed by atoms with Crippen molar-refractivity contribution in [2.45, 2.75) is 38.9 Å². The van der Waals surface area contributed by atoms with Crippen molar-refractivity contribution in [3.8, 4) is 0 Å². The van der Waals surface area contributed by atoms with E-state index in [0.29, 0.717) is 7.18 Å². The first-order valence-electron chi connectivity index (χ1n) is 3.72. The molecule has 58 valence electrons. The summed E-state index contributed by atoms with van der Waals surface area (Å²) in [7, 11) is 0.329. The van der Waals surface area contributed by atoms with E-state index in [-0.39, 0.29) is 8.80 Å². The highest BCUT2D eigenvalue weighted by Gasteiger charge is 1.98. The number of halogens is 1. The molecule has 0 aromatic rings. The fourth-order valence-electron chi connectivity index (χ4n) is 0.866. The molecular formula is C7H19FSi. The van der Waals surface area contributed by atoms with E-state index >= 15 is 0 Å². The van der Waals surface area contributed by atoms with Crippen molar-refractivity contribution in [2.75, 3.05) is 7.18 Å². The van der Waals surface area contributed by atoms with E-state index in [2.05, 4.69) is 20.8 Å². The van der Waals surface area contributed by atoms with Crippen molar-refractivity contribution in [2.24, 2.45) is 0 Å². The van der Waals surface area contributed by atoms with E-state index in [9.17, 15) is 4.39 Å². The molecule has 0 aliphatic carbocycles. The monoisotopic (exact) mass is 150 g/mol. The minimum atomic E-state index is -0.171. The third-order valence-electron chi connectivity index (χ3n) is 1.73. The lowest BCUT2D eigenvalue weighted by Crippen LogP contribution is -2.04. The third kappa shape index (κ3) is 8.15. The fraction of sp³-hybridized carbons (Fsp3) is 1.00. The first-order chi connectivity index (χ1) is 4.35. The maximum absolute atomic E-state index is 9.50. The van der Waals surface area contributed by atoms with Gasteiger partial charge in [0.05, 0.1) is 7.18 Å². The van der Waals surface area contributed by atoms with Crippen LogP contribution in [0.1, 0.15) is 20.8 Å². The summed E-state index contributed by atoms with van der Waals surface area (Å²) in [6.45, 7) is 6.97. The molecule has 0 amide bonds. The Morgan fingerprint density at radius 3 is 1.11 bits per heavy atom. The fourth-order valence-corrected chi connectivity index (χ4v) is 2.60. The van der Waals surface area contributed by atoms with Gasteiger partial charge in [-0.15, -0.1) is 0 Å². The Kier molecular flexibility index (Phi) is 14.5. The zero-order valence-electron chi connectivity index (χ0n) is 7.08. The minimum Gasteiger partial charge on any atom is -0.255 e. The smallest absolute Gasteiger partial charge is 0.0785 e. The van der Waals surface area contributed by atoms with Crippen LogP contribution < -0.4 is 0 Å². The first kappa shape index (κ1) is 11.9. The average Bonchev–Trinajstić information content (AvgIpc) is 1.96. The normalized spacial score (nSPS) is 8.67. The molecule has 0 unspecified atom stereocenters. The predicted octanol–water partition coefficient (Wildman–Crippen LogP) is 2.86. The summed E-state index contributed by atoms with van der Waals surface area (Å²) in [5.74, 6) is 0. The van der Waals surface area contributed by atoms with Gasteiger partial charge in [-0.05, 0) is 0 Å². The van der Waals surface area contributed by atoms with Crippen LogP contribution in [0.4, 0.5) is 4.39 Å². The van der Waals surface area contributed by atoms with Gasteiger partial charge in [0.15, 0.2) is 0 Å². The highest BCUT2D eigenvalue weighted by Crippen LogP contribution is 2.01. The van der Waals surface area contributed by atoms with E-state index in [4.69, 9.17) is 0 Å². The first-order valence-corrected chi connectivity index (χ1v) is 6.17. The van der Waals surface area contributed by atoms with Gasteiger partial charge in [-0.25, -0.2) is 0 Å². The molecule has 0 heterocycles. The predicted molar refractivity (Wildman–Crippen MR) is 45.6 cm³/mol. The van der Waals surface area contributed by atoms with Crippen LogP contribution in [-0.4, -0.2) is 16.0 Å². The topological polar surface area (TPSA) is 0 Å². The summed E-state index contributed by atoms with van der Waals surface area (Å²) in [5, 5.41) is 0. The maximum atomic E-state index is 9.50. The average molecular weight is 150 g/mol. The number of rotatable bonds is 3. The van der Waals surface area contributed by atoms with Crippen molar-refractivity contribution in [3.05, 3.63) is 0 Å². The van der Waals surface area contributed by atoms with Crippen LogP contribution in [0, 0.1) is 0 Å². The minimum absolute atomic E-state index is 0.171. The van der Waals surface area contributed by atoms with Crippen LogP contribution in [0.3, 0.4) is 0 Å². The lowest BCUT2D eigenvalue weighted by molar-refractivity contribution is 0.636.